The summed E-state index contributed by atoms with van der Waals surface area (Å²) in [5.74, 6) is -0.815. The topological polar surface area (TPSA) is 139 Å². The molecule has 8 heteroatoms. The fourth-order valence-corrected chi connectivity index (χ4v) is 2.74. The van der Waals surface area contributed by atoms with Crippen molar-refractivity contribution in [2.45, 2.75) is 64.1 Å². The summed E-state index contributed by atoms with van der Waals surface area (Å²) >= 11 is 0. The van der Waals surface area contributed by atoms with E-state index in [1.165, 1.54) is 0 Å². The Hall–Kier alpha value is -1.67. The Balaban J connectivity index is 2.69. The summed E-state index contributed by atoms with van der Waals surface area (Å²) in [6, 6.07) is -1.24. The Labute approximate surface area is 143 Å². The van der Waals surface area contributed by atoms with E-state index < -0.39 is 11.9 Å². The molecule has 0 radical (unpaired) electrons. The predicted molar refractivity (Wildman–Crippen MR) is 91.8 cm³/mol. The number of hydrogen-bond acceptors (Lipinski definition) is 5. The maximum atomic E-state index is 12.5. The normalized spacial score (nSPS) is 20.9. The molecule has 3 amide bonds. The molecule has 1 fully saturated rings. The number of nitrogens with two attached hydrogens (primary N) is 2. The second-order valence-electron chi connectivity index (χ2n) is 6.45. The monoisotopic (exact) mass is 341 g/mol. The highest BCUT2D eigenvalue weighted by molar-refractivity contribution is 5.90. The number of primary amides is 1. The van der Waals surface area contributed by atoms with Crippen molar-refractivity contribution < 1.29 is 14.4 Å². The highest BCUT2D eigenvalue weighted by atomic mass is 16.2. The molecule has 0 aromatic heterocycles. The fraction of sp³-hybridized carbons (Fsp3) is 0.812. The Kier molecular flexibility index (Phi) is 8.70. The van der Waals surface area contributed by atoms with Crippen LogP contribution in [0, 0.1) is 5.92 Å². The van der Waals surface area contributed by atoms with Gasteiger partial charge in [0.2, 0.25) is 17.7 Å². The van der Waals surface area contributed by atoms with E-state index >= 15 is 0 Å². The summed E-state index contributed by atoms with van der Waals surface area (Å²) in [6.07, 6.45) is 2.77. The van der Waals surface area contributed by atoms with Crippen molar-refractivity contribution in [3.8, 4) is 0 Å². The molecule has 1 aliphatic rings. The lowest BCUT2D eigenvalue weighted by atomic mass is 9.98. The van der Waals surface area contributed by atoms with E-state index in [0.29, 0.717) is 6.54 Å². The molecule has 1 aliphatic heterocycles. The molecule has 0 aliphatic carbocycles. The molecule has 24 heavy (non-hydrogen) atoms. The SMILES string of the molecule is CC[C@H](C)[C@@H](CN)NC(=O)[C@H](CCC(N)=O)NC(=O)[C@@H]1CCCN1. The van der Waals surface area contributed by atoms with Crippen LogP contribution < -0.4 is 27.4 Å². The van der Waals surface area contributed by atoms with Crippen molar-refractivity contribution in [2.75, 3.05) is 13.1 Å². The van der Waals surface area contributed by atoms with Gasteiger partial charge in [0.25, 0.3) is 0 Å². The number of amides is 3. The minimum atomic E-state index is -0.787. The lowest BCUT2D eigenvalue weighted by Gasteiger charge is -2.26. The number of nitrogens with one attached hydrogen (secondary N) is 3. The van der Waals surface area contributed by atoms with Crippen LogP contribution in [0.15, 0.2) is 0 Å². The van der Waals surface area contributed by atoms with Gasteiger partial charge in [-0.1, -0.05) is 20.3 Å². The van der Waals surface area contributed by atoms with Gasteiger partial charge in [0.15, 0.2) is 0 Å². The molecule has 0 spiro atoms. The van der Waals surface area contributed by atoms with Crippen LogP contribution >= 0.6 is 0 Å². The fourth-order valence-electron chi connectivity index (χ4n) is 2.74. The van der Waals surface area contributed by atoms with Gasteiger partial charge in [-0.15, -0.1) is 0 Å². The van der Waals surface area contributed by atoms with Gasteiger partial charge in [-0.25, -0.2) is 0 Å². The highest BCUT2D eigenvalue weighted by Crippen LogP contribution is 2.09. The van der Waals surface area contributed by atoms with Crippen molar-refractivity contribution in [3.05, 3.63) is 0 Å². The predicted octanol–water partition coefficient (Wildman–Crippen LogP) is -1.02. The Morgan fingerprint density at radius 3 is 2.50 bits per heavy atom. The van der Waals surface area contributed by atoms with E-state index in [1.54, 1.807) is 0 Å². The Bertz CT molecular complexity index is 437. The number of carbonyl (C=O) groups excluding carboxylic acids is 3. The van der Waals surface area contributed by atoms with Crippen LogP contribution in [-0.2, 0) is 14.4 Å². The molecule has 0 aromatic carbocycles. The molecule has 0 aromatic rings. The quantitative estimate of drug-likeness (QED) is 0.346. The van der Waals surface area contributed by atoms with Gasteiger partial charge in [0, 0.05) is 19.0 Å². The average molecular weight is 341 g/mol. The molecule has 7 N–H and O–H groups in total. The summed E-state index contributed by atoms with van der Waals surface area (Å²) < 4.78 is 0. The first-order valence-corrected chi connectivity index (χ1v) is 8.71. The minimum absolute atomic E-state index is 0.0348. The lowest BCUT2D eigenvalue weighted by Crippen LogP contribution is -2.55. The van der Waals surface area contributed by atoms with Crippen molar-refractivity contribution in [1.29, 1.82) is 0 Å². The van der Waals surface area contributed by atoms with Gasteiger partial charge in [-0.05, 0) is 31.7 Å². The maximum absolute atomic E-state index is 12.5. The maximum Gasteiger partial charge on any atom is 0.242 e. The standard InChI is InChI=1S/C16H31N5O3/c1-3-10(2)13(9-17)21-16(24)12(6-7-14(18)22)20-15(23)11-5-4-8-19-11/h10-13,19H,3-9,17H2,1-2H3,(H2,18,22)(H,20,23)(H,21,24)/t10-,11-,12-,13+/m0/s1. The van der Waals surface area contributed by atoms with Gasteiger partial charge in [-0.2, -0.15) is 0 Å². The van der Waals surface area contributed by atoms with Crippen LogP contribution in [-0.4, -0.2) is 48.9 Å². The van der Waals surface area contributed by atoms with E-state index in [-0.39, 0.29) is 42.7 Å². The van der Waals surface area contributed by atoms with Crippen molar-refractivity contribution >= 4 is 17.7 Å². The van der Waals surface area contributed by atoms with E-state index in [2.05, 4.69) is 16.0 Å². The molecule has 0 bridgehead atoms. The second-order valence-corrected chi connectivity index (χ2v) is 6.45. The number of carbonyl (C=O) groups is 3. The van der Waals surface area contributed by atoms with E-state index in [1.807, 2.05) is 13.8 Å². The third-order valence-electron chi connectivity index (χ3n) is 4.60. The van der Waals surface area contributed by atoms with E-state index in [0.717, 1.165) is 25.8 Å². The Morgan fingerprint density at radius 2 is 2.00 bits per heavy atom. The van der Waals surface area contributed by atoms with Gasteiger partial charge < -0.3 is 27.4 Å². The molecule has 1 saturated heterocycles. The first kappa shape index (κ1) is 20.4. The molecule has 0 saturated carbocycles. The summed E-state index contributed by atoms with van der Waals surface area (Å²) in [5.41, 5.74) is 10.9. The third kappa shape index (κ3) is 6.45. The zero-order valence-electron chi connectivity index (χ0n) is 14.6. The zero-order chi connectivity index (χ0) is 18.1. The van der Waals surface area contributed by atoms with Gasteiger partial charge in [0.1, 0.15) is 6.04 Å². The lowest BCUT2D eigenvalue weighted by molar-refractivity contribution is -0.131. The summed E-state index contributed by atoms with van der Waals surface area (Å²) in [5, 5.41) is 8.71. The van der Waals surface area contributed by atoms with Crippen LogP contribution in [0.1, 0.15) is 46.0 Å². The van der Waals surface area contributed by atoms with E-state index in [9.17, 15) is 14.4 Å². The van der Waals surface area contributed by atoms with Crippen molar-refractivity contribution in [3.63, 3.8) is 0 Å². The van der Waals surface area contributed by atoms with Crippen molar-refractivity contribution in [1.82, 2.24) is 16.0 Å². The molecule has 138 valence electrons. The molecule has 1 rings (SSSR count). The van der Waals surface area contributed by atoms with Crippen LogP contribution in [0.25, 0.3) is 0 Å². The molecular weight excluding hydrogens is 310 g/mol. The smallest absolute Gasteiger partial charge is 0.242 e. The van der Waals surface area contributed by atoms with Crippen LogP contribution in [0.5, 0.6) is 0 Å². The summed E-state index contributed by atoms with van der Waals surface area (Å²) in [7, 11) is 0. The van der Waals surface area contributed by atoms with Crippen LogP contribution in [0.2, 0.25) is 0 Å². The molecular formula is C16H31N5O3. The molecule has 0 unspecified atom stereocenters. The zero-order valence-corrected chi connectivity index (χ0v) is 14.6. The summed E-state index contributed by atoms with van der Waals surface area (Å²) in [6.45, 7) is 5.15. The van der Waals surface area contributed by atoms with Gasteiger partial charge in [0.05, 0.1) is 6.04 Å². The molecule has 1 heterocycles. The highest BCUT2D eigenvalue weighted by Gasteiger charge is 2.29. The first-order chi connectivity index (χ1) is 11.4. The largest absolute Gasteiger partial charge is 0.370 e. The molecule has 4 atom stereocenters. The third-order valence-corrected chi connectivity index (χ3v) is 4.60. The van der Waals surface area contributed by atoms with Gasteiger partial charge >= 0.3 is 0 Å². The van der Waals surface area contributed by atoms with E-state index in [4.69, 9.17) is 11.5 Å². The Morgan fingerprint density at radius 1 is 1.29 bits per heavy atom. The van der Waals surface area contributed by atoms with Gasteiger partial charge in [-0.3, -0.25) is 14.4 Å². The van der Waals surface area contributed by atoms with Crippen LogP contribution in [0.4, 0.5) is 0 Å². The summed E-state index contributed by atoms with van der Waals surface area (Å²) in [4.78, 5) is 35.8. The first-order valence-electron chi connectivity index (χ1n) is 8.71. The van der Waals surface area contributed by atoms with Crippen LogP contribution in [0.3, 0.4) is 0 Å². The number of hydrogen-bond donors (Lipinski definition) is 5. The molecule has 8 nitrogen and oxygen atoms in total. The second kappa shape index (κ2) is 10.2. The van der Waals surface area contributed by atoms with Crippen molar-refractivity contribution in [2.24, 2.45) is 17.4 Å². The number of rotatable bonds is 10. The minimum Gasteiger partial charge on any atom is -0.370 e. The average Bonchev–Trinajstić information content (AvgIpc) is 3.09.